The van der Waals surface area contributed by atoms with Crippen molar-refractivity contribution in [2.75, 3.05) is 20.3 Å². The number of aliphatic hydroxyl groups excluding tert-OH is 1. The summed E-state index contributed by atoms with van der Waals surface area (Å²) in [5.41, 5.74) is 1.60. The standard InChI is InChI=1S/C20H18N2O5S/c1-27-14-6-7-15-13(12-21-17(15)11-14)10-18-20(24)16-4-2-3-5-19(16)28(25,26)22(18)8-9-23/h2-7,10-12,21,23H,8-9H2,1H3. The lowest BCUT2D eigenvalue weighted by molar-refractivity contribution is 0.0998. The fourth-order valence-corrected chi connectivity index (χ4v) is 5.01. The number of carbonyl (C=O) groups excluding carboxylic acids is 1. The summed E-state index contributed by atoms with van der Waals surface area (Å²) in [5, 5.41) is 10.2. The van der Waals surface area contributed by atoms with Crippen LogP contribution in [0.2, 0.25) is 0 Å². The van der Waals surface area contributed by atoms with Crippen LogP contribution < -0.4 is 4.74 Å². The van der Waals surface area contributed by atoms with Crippen LogP contribution in [0.1, 0.15) is 15.9 Å². The van der Waals surface area contributed by atoms with Crippen LogP contribution in [0.25, 0.3) is 17.0 Å². The van der Waals surface area contributed by atoms with E-state index in [2.05, 4.69) is 4.98 Å². The van der Waals surface area contributed by atoms with E-state index in [1.807, 2.05) is 12.1 Å². The van der Waals surface area contributed by atoms with Crippen molar-refractivity contribution in [2.45, 2.75) is 4.90 Å². The Morgan fingerprint density at radius 1 is 1.21 bits per heavy atom. The predicted molar refractivity (Wildman–Crippen MR) is 105 cm³/mol. The number of Topliss-reactive ketones (excluding diaryl/α,β-unsaturated/α-hetero) is 1. The van der Waals surface area contributed by atoms with E-state index in [4.69, 9.17) is 4.74 Å². The molecule has 1 aliphatic rings. The molecule has 0 aliphatic carbocycles. The largest absolute Gasteiger partial charge is 0.497 e. The SMILES string of the molecule is COc1ccc2c(C=C3C(=O)c4ccccc4S(=O)(=O)N3CCO)c[nH]c2c1. The summed E-state index contributed by atoms with van der Waals surface area (Å²) in [6.45, 7) is -0.610. The molecule has 7 nitrogen and oxygen atoms in total. The number of rotatable bonds is 4. The quantitative estimate of drug-likeness (QED) is 0.658. The molecule has 0 unspecified atom stereocenters. The van der Waals surface area contributed by atoms with Crippen LogP contribution in [0.15, 0.2) is 59.3 Å². The number of hydrogen-bond donors (Lipinski definition) is 2. The van der Waals surface area contributed by atoms with Gasteiger partial charge in [-0.25, -0.2) is 8.42 Å². The van der Waals surface area contributed by atoms with Crippen molar-refractivity contribution in [3.05, 3.63) is 65.5 Å². The Bertz CT molecular complexity index is 1210. The molecule has 1 aromatic heterocycles. The lowest BCUT2D eigenvalue weighted by atomic mass is 10.0. The fourth-order valence-electron chi connectivity index (χ4n) is 3.37. The molecule has 0 atom stereocenters. The first-order valence-electron chi connectivity index (χ1n) is 8.61. The number of hydrogen-bond acceptors (Lipinski definition) is 5. The van der Waals surface area contributed by atoms with Crippen LogP contribution in [0.3, 0.4) is 0 Å². The Hall–Kier alpha value is -3.10. The summed E-state index contributed by atoms with van der Waals surface area (Å²) < 4.78 is 32.2. The van der Waals surface area contributed by atoms with E-state index in [1.54, 1.807) is 31.5 Å². The van der Waals surface area contributed by atoms with Crippen molar-refractivity contribution in [2.24, 2.45) is 0 Å². The maximum Gasteiger partial charge on any atom is 0.265 e. The minimum absolute atomic E-state index is 0.00414. The smallest absolute Gasteiger partial charge is 0.265 e. The lowest BCUT2D eigenvalue weighted by Gasteiger charge is -2.30. The number of H-pyrrole nitrogens is 1. The third kappa shape index (κ3) is 2.78. The average molecular weight is 398 g/mol. The molecule has 2 aromatic carbocycles. The predicted octanol–water partition coefficient (Wildman–Crippen LogP) is 2.40. The van der Waals surface area contributed by atoms with Gasteiger partial charge < -0.3 is 14.8 Å². The van der Waals surface area contributed by atoms with Crippen LogP contribution >= 0.6 is 0 Å². The average Bonchev–Trinajstić information content (AvgIpc) is 3.11. The number of nitrogens with one attached hydrogen (secondary N) is 1. The molecule has 2 N–H and O–H groups in total. The fraction of sp³-hybridized carbons (Fsp3) is 0.150. The third-order valence-electron chi connectivity index (χ3n) is 4.72. The van der Waals surface area contributed by atoms with Crippen LogP contribution in [0.4, 0.5) is 0 Å². The Morgan fingerprint density at radius 2 is 2.00 bits per heavy atom. The van der Waals surface area contributed by atoms with Gasteiger partial charge in [0.2, 0.25) is 5.78 Å². The van der Waals surface area contributed by atoms with E-state index in [1.165, 1.54) is 18.2 Å². The Kier molecular flexibility index (Phi) is 4.44. The second kappa shape index (κ2) is 6.81. The zero-order valence-corrected chi connectivity index (χ0v) is 15.9. The van der Waals surface area contributed by atoms with Gasteiger partial charge >= 0.3 is 0 Å². The number of aromatic amines is 1. The number of β-amino-alcohol motifs (C(OH)–C–C–N with tert-alkyl or cyclic N) is 1. The van der Waals surface area contributed by atoms with Crippen molar-refractivity contribution in [1.29, 1.82) is 0 Å². The van der Waals surface area contributed by atoms with Gasteiger partial charge in [0, 0.05) is 34.3 Å². The van der Waals surface area contributed by atoms with Crippen molar-refractivity contribution < 1.29 is 23.1 Å². The molecule has 0 saturated heterocycles. The molecule has 3 aromatic rings. The molecule has 8 heteroatoms. The number of methoxy groups -OCH3 is 1. The highest BCUT2D eigenvalue weighted by atomic mass is 32.2. The van der Waals surface area contributed by atoms with Gasteiger partial charge in [0.25, 0.3) is 10.0 Å². The zero-order valence-electron chi connectivity index (χ0n) is 15.0. The molecular weight excluding hydrogens is 380 g/mol. The van der Waals surface area contributed by atoms with Gasteiger partial charge in [0.15, 0.2) is 0 Å². The van der Waals surface area contributed by atoms with E-state index < -0.39 is 22.4 Å². The summed E-state index contributed by atoms with van der Waals surface area (Å²) in [6.07, 6.45) is 3.24. The van der Waals surface area contributed by atoms with Crippen molar-refractivity contribution in [3.8, 4) is 5.75 Å². The number of benzene rings is 2. The van der Waals surface area contributed by atoms with Crippen molar-refractivity contribution in [1.82, 2.24) is 9.29 Å². The molecule has 0 fully saturated rings. The molecule has 0 amide bonds. The number of ketones is 1. The van der Waals surface area contributed by atoms with Crippen molar-refractivity contribution >= 4 is 32.8 Å². The topological polar surface area (TPSA) is 99.7 Å². The summed E-state index contributed by atoms with van der Waals surface area (Å²) in [6, 6.07) is 11.5. The Labute approximate surface area is 161 Å². The van der Waals surface area contributed by atoms with Crippen LogP contribution in [-0.4, -0.2) is 48.9 Å². The summed E-state index contributed by atoms with van der Waals surface area (Å²) in [7, 11) is -2.37. The number of allylic oxidation sites excluding steroid dienone is 1. The summed E-state index contributed by atoms with van der Waals surface area (Å²) >= 11 is 0. The van der Waals surface area contributed by atoms with Crippen molar-refractivity contribution in [3.63, 3.8) is 0 Å². The van der Waals surface area contributed by atoms with Gasteiger partial charge in [-0.1, -0.05) is 12.1 Å². The molecule has 0 spiro atoms. The number of carbonyl (C=O) groups is 1. The van der Waals surface area contributed by atoms with Gasteiger partial charge in [0.05, 0.1) is 25.2 Å². The molecule has 4 rings (SSSR count). The second-order valence-electron chi connectivity index (χ2n) is 6.31. The molecular formula is C20H18N2O5S. The molecule has 1 aliphatic heterocycles. The maximum absolute atomic E-state index is 13.1. The molecule has 0 saturated carbocycles. The third-order valence-corrected chi connectivity index (χ3v) is 6.59. The van der Waals surface area contributed by atoms with E-state index in [0.717, 1.165) is 15.2 Å². The summed E-state index contributed by atoms with van der Waals surface area (Å²) in [5.74, 6) is 0.280. The minimum Gasteiger partial charge on any atom is -0.497 e. The zero-order chi connectivity index (χ0) is 19.9. The first-order chi connectivity index (χ1) is 13.5. The van der Waals surface area contributed by atoms with Gasteiger partial charge in [-0.15, -0.1) is 0 Å². The van der Waals surface area contributed by atoms with Crippen LogP contribution in [0, 0.1) is 0 Å². The number of aliphatic hydroxyl groups is 1. The Morgan fingerprint density at radius 3 is 2.75 bits per heavy atom. The molecule has 0 radical (unpaired) electrons. The van der Waals surface area contributed by atoms with Gasteiger partial charge in [-0.05, 0) is 30.3 Å². The van der Waals surface area contributed by atoms with E-state index in [0.29, 0.717) is 11.3 Å². The second-order valence-corrected chi connectivity index (χ2v) is 8.14. The van der Waals surface area contributed by atoms with Gasteiger partial charge in [-0.3, -0.25) is 9.10 Å². The minimum atomic E-state index is -3.94. The first-order valence-corrected chi connectivity index (χ1v) is 10.1. The van der Waals surface area contributed by atoms with E-state index in [-0.39, 0.29) is 22.7 Å². The molecule has 0 bridgehead atoms. The monoisotopic (exact) mass is 398 g/mol. The maximum atomic E-state index is 13.1. The Balaban J connectivity index is 1.91. The molecule has 144 valence electrons. The summed E-state index contributed by atoms with van der Waals surface area (Å²) in [4.78, 5) is 16.1. The van der Waals surface area contributed by atoms with Crippen LogP contribution in [-0.2, 0) is 10.0 Å². The van der Waals surface area contributed by atoms with E-state index >= 15 is 0 Å². The number of sulfonamides is 1. The number of fused-ring (bicyclic) bond motifs is 2. The normalized spacial score (nSPS) is 17.1. The van der Waals surface area contributed by atoms with E-state index in [9.17, 15) is 18.3 Å². The molecule has 2 heterocycles. The number of aromatic nitrogens is 1. The number of nitrogens with zero attached hydrogens (tertiary/aromatic N) is 1. The number of ether oxygens (including phenoxy) is 1. The highest BCUT2D eigenvalue weighted by Gasteiger charge is 2.38. The van der Waals surface area contributed by atoms with Gasteiger partial charge in [0.1, 0.15) is 11.4 Å². The van der Waals surface area contributed by atoms with Crippen LogP contribution in [0.5, 0.6) is 5.75 Å². The molecule has 28 heavy (non-hydrogen) atoms. The lowest BCUT2D eigenvalue weighted by Crippen LogP contribution is -2.40. The highest BCUT2D eigenvalue weighted by Crippen LogP contribution is 2.34. The van der Waals surface area contributed by atoms with Gasteiger partial charge in [-0.2, -0.15) is 0 Å². The highest BCUT2D eigenvalue weighted by molar-refractivity contribution is 7.89. The first kappa shape index (κ1) is 18.3.